The van der Waals surface area contributed by atoms with Gasteiger partial charge in [0.25, 0.3) is 5.91 Å². The Morgan fingerprint density at radius 1 is 0.964 bits per heavy atom. The van der Waals surface area contributed by atoms with Crippen LogP contribution < -0.4 is 20.2 Å². The molecule has 148 valence electrons. The van der Waals surface area contributed by atoms with Crippen molar-refractivity contribution in [1.82, 2.24) is 10.7 Å². The van der Waals surface area contributed by atoms with Crippen LogP contribution >= 0.6 is 0 Å². The summed E-state index contributed by atoms with van der Waals surface area (Å²) >= 11 is 0. The van der Waals surface area contributed by atoms with Gasteiger partial charge in [0.15, 0.2) is 6.61 Å². The summed E-state index contributed by atoms with van der Waals surface area (Å²) in [5, 5.41) is 6.74. The van der Waals surface area contributed by atoms with Crippen molar-refractivity contribution < 1.29 is 19.1 Å². The summed E-state index contributed by atoms with van der Waals surface area (Å²) in [6, 6.07) is 14.8. The molecule has 0 unspecified atom stereocenters. The molecule has 0 aliphatic heterocycles. The minimum Gasteiger partial charge on any atom is -0.497 e. The van der Waals surface area contributed by atoms with Crippen molar-refractivity contribution >= 4 is 17.5 Å². The SMILES string of the molecule is COc1ccc(CNC(=O)C/C(C)=N\NC(=O)COc2ccc(C)cc2)cc1. The van der Waals surface area contributed by atoms with Gasteiger partial charge in [-0.05, 0) is 43.7 Å². The van der Waals surface area contributed by atoms with Crippen LogP contribution in [0, 0.1) is 6.92 Å². The van der Waals surface area contributed by atoms with Crippen molar-refractivity contribution in [1.29, 1.82) is 0 Å². The van der Waals surface area contributed by atoms with Gasteiger partial charge in [-0.1, -0.05) is 29.8 Å². The summed E-state index contributed by atoms with van der Waals surface area (Å²) in [5.41, 5.74) is 4.96. The van der Waals surface area contributed by atoms with Crippen LogP contribution in [0.5, 0.6) is 11.5 Å². The normalized spacial score (nSPS) is 10.9. The lowest BCUT2D eigenvalue weighted by molar-refractivity contribution is -0.123. The second-order valence-corrected chi connectivity index (χ2v) is 6.29. The average molecular weight is 383 g/mol. The van der Waals surface area contributed by atoms with E-state index in [2.05, 4.69) is 15.8 Å². The van der Waals surface area contributed by atoms with Gasteiger partial charge in [0.1, 0.15) is 11.5 Å². The molecule has 2 N–H and O–H groups in total. The molecule has 0 aliphatic rings. The molecular formula is C21H25N3O4. The number of ether oxygens (including phenoxy) is 2. The van der Waals surface area contributed by atoms with E-state index in [0.29, 0.717) is 18.0 Å². The summed E-state index contributed by atoms with van der Waals surface area (Å²) < 4.78 is 10.5. The molecule has 28 heavy (non-hydrogen) atoms. The van der Waals surface area contributed by atoms with Gasteiger partial charge in [-0.3, -0.25) is 9.59 Å². The standard InChI is InChI=1S/C21H25N3O4/c1-15-4-8-19(9-5-15)28-14-21(26)24-23-16(2)12-20(25)22-13-17-6-10-18(27-3)11-7-17/h4-11H,12-14H2,1-3H3,(H,22,25)(H,24,26)/b23-16-. The summed E-state index contributed by atoms with van der Waals surface area (Å²) in [6.45, 7) is 3.91. The molecule has 0 saturated carbocycles. The number of hydrazone groups is 1. The average Bonchev–Trinajstić information content (AvgIpc) is 2.70. The lowest BCUT2D eigenvalue weighted by Gasteiger charge is -2.07. The zero-order valence-corrected chi connectivity index (χ0v) is 16.3. The van der Waals surface area contributed by atoms with Gasteiger partial charge in [0, 0.05) is 12.3 Å². The molecule has 0 saturated heterocycles. The predicted molar refractivity (Wildman–Crippen MR) is 107 cm³/mol. The number of carbonyl (C=O) groups excluding carboxylic acids is 2. The van der Waals surface area contributed by atoms with Crippen LogP contribution in [0.3, 0.4) is 0 Å². The van der Waals surface area contributed by atoms with Crippen LogP contribution in [-0.2, 0) is 16.1 Å². The van der Waals surface area contributed by atoms with Gasteiger partial charge in [-0.2, -0.15) is 5.10 Å². The van der Waals surface area contributed by atoms with E-state index in [0.717, 1.165) is 16.9 Å². The fourth-order valence-corrected chi connectivity index (χ4v) is 2.25. The van der Waals surface area contributed by atoms with Crippen LogP contribution in [0.1, 0.15) is 24.5 Å². The number of aryl methyl sites for hydroxylation is 1. The molecule has 7 heteroatoms. The highest BCUT2D eigenvalue weighted by atomic mass is 16.5. The second kappa shape index (κ2) is 10.7. The number of benzene rings is 2. The fraction of sp³-hybridized carbons (Fsp3) is 0.286. The number of hydrogen-bond donors (Lipinski definition) is 2. The summed E-state index contributed by atoms with van der Waals surface area (Å²) in [6.07, 6.45) is 0.0925. The van der Waals surface area contributed by atoms with Crippen molar-refractivity contribution in [3.63, 3.8) is 0 Å². The van der Waals surface area contributed by atoms with Crippen LogP contribution in [-0.4, -0.2) is 31.2 Å². The maximum absolute atomic E-state index is 12.0. The van der Waals surface area contributed by atoms with Gasteiger partial charge in [-0.25, -0.2) is 5.43 Å². The maximum atomic E-state index is 12.0. The van der Waals surface area contributed by atoms with Gasteiger partial charge < -0.3 is 14.8 Å². The lowest BCUT2D eigenvalue weighted by atomic mass is 10.2. The third kappa shape index (κ3) is 7.49. The van der Waals surface area contributed by atoms with E-state index >= 15 is 0 Å². The molecule has 0 fully saturated rings. The lowest BCUT2D eigenvalue weighted by Crippen LogP contribution is -2.28. The van der Waals surface area contributed by atoms with Crippen LogP contribution in [0.2, 0.25) is 0 Å². The molecule has 0 bridgehead atoms. The number of rotatable bonds is 9. The number of methoxy groups -OCH3 is 1. The zero-order chi connectivity index (χ0) is 20.4. The number of nitrogens with one attached hydrogen (secondary N) is 2. The minimum atomic E-state index is -0.390. The van der Waals surface area contributed by atoms with Crippen molar-refractivity contribution in [3.05, 3.63) is 59.7 Å². The third-order valence-electron chi connectivity index (χ3n) is 3.83. The molecule has 7 nitrogen and oxygen atoms in total. The van der Waals surface area contributed by atoms with Crippen molar-refractivity contribution in [2.75, 3.05) is 13.7 Å². The van der Waals surface area contributed by atoms with E-state index in [1.807, 2.05) is 43.3 Å². The molecular weight excluding hydrogens is 358 g/mol. The first-order valence-electron chi connectivity index (χ1n) is 8.87. The molecule has 0 aromatic heterocycles. The zero-order valence-electron chi connectivity index (χ0n) is 16.3. The van der Waals surface area contributed by atoms with Crippen molar-refractivity contribution in [2.24, 2.45) is 5.10 Å². The summed E-state index contributed by atoms with van der Waals surface area (Å²) in [7, 11) is 1.60. The molecule has 0 spiro atoms. The first-order chi connectivity index (χ1) is 13.5. The second-order valence-electron chi connectivity index (χ2n) is 6.29. The van der Waals surface area contributed by atoms with Gasteiger partial charge in [0.2, 0.25) is 5.91 Å². The molecule has 2 aromatic carbocycles. The summed E-state index contributed by atoms with van der Waals surface area (Å²) in [5.74, 6) is 0.806. The molecule has 0 atom stereocenters. The first-order valence-corrected chi connectivity index (χ1v) is 8.87. The van der Waals surface area contributed by atoms with Crippen LogP contribution in [0.4, 0.5) is 0 Å². The largest absolute Gasteiger partial charge is 0.497 e. The highest BCUT2D eigenvalue weighted by Gasteiger charge is 2.06. The van der Waals surface area contributed by atoms with E-state index < -0.39 is 5.91 Å². The van der Waals surface area contributed by atoms with E-state index in [1.165, 1.54) is 0 Å². The van der Waals surface area contributed by atoms with E-state index in [-0.39, 0.29) is 18.9 Å². The highest BCUT2D eigenvalue weighted by molar-refractivity contribution is 6.00. The number of nitrogens with zero attached hydrogens (tertiary/aromatic N) is 1. The van der Waals surface area contributed by atoms with Gasteiger partial charge >= 0.3 is 0 Å². The Morgan fingerprint density at radius 3 is 2.25 bits per heavy atom. The Bertz CT molecular complexity index is 815. The van der Waals surface area contributed by atoms with Crippen molar-refractivity contribution in [3.8, 4) is 11.5 Å². The van der Waals surface area contributed by atoms with E-state index in [9.17, 15) is 9.59 Å². The number of hydrogen-bond acceptors (Lipinski definition) is 5. The Kier molecular flexibility index (Phi) is 8.02. The molecule has 2 aromatic rings. The Balaban J connectivity index is 1.69. The highest BCUT2D eigenvalue weighted by Crippen LogP contribution is 2.11. The molecule has 0 heterocycles. The van der Waals surface area contributed by atoms with Gasteiger partial charge in [-0.15, -0.1) is 0 Å². The monoisotopic (exact) mass is 383 g/mol. The summed E-state index contributed by atoms with van der Waals surface area (Å²) in [4.78, 5) is 23.8. The Labute approximate surface area is 164 Å². The molecule has 2 amide bonds. The molecule has 0 radical (unpaired) electrons. The molecule has 0 aliphatic carbocycles. The van der Waals surface area contributed by atoms with Crippen LogP contribution in [0.25, 0.3) is 0 Å². The smallest absolute Gasteiger partial charge is 0.277 e. The fourth-order valence-electron chi connectivity index (χ4n) is 2.25. The Morgan fingerprint density at radius 2 is 1.61 bits per heavy atom. The molecule has 2 rings (SSSR count). The maximum Gasteiger partial charge on any atom is 0.277 e. The minimum absolute atomic E-state index is 0.0925. The van der Waals surface area contributed by atoms with Crippen molar-refractivity contribution in [2.45, 2.75) is 26.8 Å². The van der Waals surface area contributed by atoms with E-state index in [1.54, 1.807) is 26.2 Å². The third-order valence-corrected chi connectivity index (χ3v) is 3.83. The number of carbonyl (C=O) groups is 2. The van der Waals surface area contributed by atoms with Gasteiger partial charge in [0.05, 0.1) is 13.5 Å². The van der Waals surface area contributed by atoms with E-state index in [4.69, 9.17) is 9.47 Å². The number of amides is 2. The predicted octanol–water partition coefficient (Wildman–Crippen LogP) is 2.58. The Hall–Kier alpha value is -3.35. The first kappa shape index (κ1) is 21.0. The quantitative estimate of drug-likeness (QED) is 0.515. The van der Waals surface area contributed by atoms with Crippen LogP contribution in [0.15, 0.2) is 53.6 Å². The topological polar surface area (TPSA) is 89.0 Å².